The van der Waals surface area contributed by atoms with Gasteiger partial charge in [0.2, 0.25) is 5.91 Å². The van der Waals surface area contributed by atoms with Crippen molar-refractivity contribution in [3.8, 4) is 0 Å². The van der Waals surface area contributed by atoms with E-state index in [0.29, 0.717) is 58.5 Å². The summed E-state index contributed by atoms with van der Waals surface area (Å²) >= 11 is 0. The number of hydrogen-bond acceptors (Lipinski definition) is 8. The highest BCUT2D eigenvalue weighted by Gasteiger charge is 2.42. The van der Waals surface area contributed by atoms with Gasteiger partial charge in [0.25, 0.3) is 5.91 Å². The quantitative estimate of drug-likeness (QED) is 0.353. The molecule has 13 heteroatoms. The number of nitrogens with zero attached hydrogens (tertiary/aromatic N) is 3. The second kappa shape index (κ2) is 9.73. The van der Waals surface area contributed by atoms with E-state index in [1.165, 1.54) is 0 Å². The molecular weight excluding hydrogens is 410 g/mol. The van der Waals surface area contributed by atoms with Crippen LogP contribution in [-0.2, 0) is 9.53 Å². The fraction of sp³-hybridized carbons (Fsp3) is 0.667. The lowest BCUT2D eigenvalue weighted by molar-refractivity contribution is -0.389. The number of likely N-dealkylation sites (tertiary alicyclic amines) is 1. The highest BCUT2D eigenvalue weighted by molar-refractivity contribution is 5.98. The zero-order chi connectivity index (χ0) is 22.4. The molecule has 0 aliphatic carbocycles. The number of nitrogens with one attached hydrogen (secondary N) is 4. The van der Waals surface area contributed by atoms with E-state index in [2.05, 4.69) is 26.1 Å². The molecule has 0 radical (unpaired) electrons. The Morgan fingerprint density at radius 1 is 1.32 bits per heavy atom. The van der Waals surface area contributed by atoms with Crippen molar-refractivity contribution in [1.29, 1.82) is 0 Å². The SMILES string of the molecule is CCOC(=O)N1CCC(NC(=O)C2(NC(=O)c3cc([N+](=O)[O-])[nH]n3)CCNCC2)CC1. The van der Waals surface area contributed by atoms with Gasteiger partial charge in [-0.3, -0.25) is 9.59 Å². The molecule has 0 atom stereocenters. The number of carbonyl (C=O) groups excluding carboxylic acids is 3. The number of rotatable bonds is 6. The van der Waals surface area contributed by atoms with E-state index in [1.54, 1.807) is 11.8 Å². The zero-order valence-corrected chi connectivity index (χ0v) is 17.3. The lowest BCUT2D eigenvalue weighted by Crippen LogP contribution is -2.64. The van der Waals surface area contributed by atoms with Crippen LogP contribution in [0.1, 0.15) is 43.1 Å². The fourth-order valence-electron chi connectivity index (χ4n) is 3.81. The van der Waals surface area contributed by atoms with Crippen LogP contribution in [0, 0.1) is 10.1 Å². The predicted molar refractivity (Wildman–Crippen MR) is 107 cm³/mol. The predicted octanol–water partition coefficient (Wildman–Crippen LogP) is -0.0930. The number of hydrogen-bond donors (Lipinski definition) is 4. The summed E-state index contributed by atoms with van der Waals surface area (Å²) in [5, 5.41) is 25.6. The minimum Gasteiger partial charge on any atom is -0.450 e. The molecule has 0 spiro atoms. The summed E-state index contributed by atoms with van der Waals surface area (Å²) in [6.45, 7) is 4.08. The van der Waals surface area contributed by atoms with Crippen molar-refractivity contribution >= 4 is 23.7 Å². The molecule has 0 unspecified atom stereocenters. The number of nitro groups is 1. The van der Waals surface area contributed by atoms with Crippen molar-refractivity contribution < 1.29 is 24.0 Å². The molecule has 2 fully saturated rings. The summed E-state index contributed by atoms with van der Waals surface area (Å²) < 4.78 is 5.01. The van der Waals surface area contributed by atoms with Crippen LogP contribution in [0.5, 0.6) is 0 Å². The van der Waals surface area contributed by atoms with Crippen molar-refractivity contribution in [1.82, 2.24) is 31.0 Å². The number of ether oxygens (including phenoxy) is 1. The molecule has 3 heterocycles. The normalized spacial score (nSPS) is 18.8. The smallest absolute Gasteiger partial charge is 0.409 e. The van der Waals surface area contributed by atoms with E-state index in [1.807, 2.05) is 0 Å². The molecule has 3 rings (SSSR count). The number of piperidine rings is 2. The van der Waals surface area contributed by atoms with Crippen LogP contribution in [0.15, 0.2) is 6.07 Å². The minimum absolute atomic E-state index is 0.131. The maximum atomic E-state index is 13.2. The number of H-pyrrole nitrogens is 1. The molecule has 2 aliphatic heterocycles. The number of aromatic nitrogens is 2. The van der Waals surface area contributed by atoms with Crippen LogP contribution < -0.4 is 16.0 Å². The molecule has 0 bridgehead atoms. The van der Waals surface area contributed by atoms with Crippen molar-refractivity contribution in [2.45, 2.75) is 44.2 Å². The van der Waals surface area contributed by atoms with E-state index >= 15 is 0 Å². The molecule has 31 heavy (non-hydrogen) atoms. The Morgan fingerprint density at radius 2 is 2.00 bits per heavy atom. The molecule has 13 nitrogen and oxygen atoms in total. The number of amides is 3. The van der Waals surface area contributed by atoms with Gasteiger partial charge in [0.05, 0.1) is 12.7 Å². The van der Waals surface area contributed by atoms with Crippen LogP contribution in [0.25, 0.3) is 0 Å². The average molecular weight is 437 g/mol. The molecule has 0 saturated carbocycles. The van der Waals surface area contributed by atoms with E-state index < -0.39 is 22.2 Å². The van der Waals surface area contributed by atoms with Crippen LogP contribution in [0.2, 0.25) is 0 Å². The van der Waals surface area contributed by atoms with Crippen LogP contribution in [0.4, 0.5) is 10.6 Å². The van der Waals surface area contributed by atoms with E-state index in [-0.39, 0.29) is 23.7 Å². The summed E-state index contributed by atoms with van der Waals surface area (Å²) in [5.41, 5.74) is -1.30. The third-order valence-corrected chi connectivity index (χ3v) is 5.59. The maximum Gasteiger partial charge on any atom is 0.409 e. The van der Waals surface area contributed by atoms with Gasteiger partial charge < -0.3 is 35.7 Å². The molecule has 170 valence electrons. The van der Waals surface area contributed by atoms with Gasteiger partial charge in [-0.15, -0.1) is 5.10 Å². The zero-order valence-electron chi connectivity index (χ0n) is 17.3. The highest BCUT2D eigenvalue weighted by atomic mass is 16.6. The molecule has 4 N–H and O–H groups in total. The number of carbonyl (C=O) groups is 3. The Hall–Kier alpha value is -3.22. The summed E-state index contributed by atoms with van der Waals surface area (Å²) in [6.07, 6.45) is 1.55. The number of aromatic amines is 1. The third-order valence-electron chi connectivity index (χ3n) is 5.59. The molecule has 2 saturated heterocycles. The average Bonchev–Trinajstić information content (AvgIpc) is 3.26. The van der Waals surface area contributed by atoms with Crippen molar-refractivity contribution in [2.24, 2.45) is 0 Å². The largest absolute Gasteiger partial charge is 0.450 e. The van der Waals surface area contributed by atoms with Gasteiger partial charge in [0.15, 0.2) is 5.69 Å². The summed E-state index contributed by atoms with van der Waals surface area (Å²) in [7, 11) is 0. The summed E-state index contributed by atoms with van der Waals surface area (Å²) in [4.78, 5) is 49.4. The third kappa shape index (κ3) is 5.29. The van der Waals surface area contributed by atoms with Gasteiger partial charge in [-0.05, 0) is 50.6 Å². The fourth-order valence-corrected chi connectivity index (χ4v) is 3.81. The Morgan fingerprint density at radius 3 is 2.58 bits per heavy atom. The van der Waals surface area contributed by atoms with Gasteiger partial charge in [-0.25, -0.2) is 4.79 Å². The maximum absolute atomic E-state index is 13.2. The Labute approximate surface area is 178 Å². The molecule has 1 aromatic rings. The standard InChI is InChI=1S/C18H27N7O6/c1-2-31-17(28)24-9-3-12(4-10-24)20-16(27)18(5-7-19-8-6-18)21-15(26)13-11-14(23-22-13)25(29)30/h11-12,19H,2-10H2,1H3,(H,20,27)(H,21,26)(H,22,23). The monoisotopic (exact) mass is 437 g/mol. The molecule has 3 amide bonds. The first-order valence-corrected chi connectivity index (χ1v) is 10.3. The van der Waals surface area contributed by atoms with Gasteiger partial charge in [-0.2, -0.15) is 0 Å². The Bertz CT molecular complexity index is 827. The van der Waals surface area contributed by atoms with Crippen molar-refractivity contribution in [3.63, 3.8) is 0 Å². The Kier molecular flexibility index (Phi) is 7.05. The van der Waals surface area contributed by atoms with Gasteiger partial charge >= 0.3 is 11.9 Å². The minimum atomic E-state index is -1.14. The van der Waals surface area contributed by atoms with Crippen molar-refractivity contribution in [2.75, 3.05) is 32.8 Å². The topological polar surface area (TPSA) is 172 Å². The van der Waals surface area contributed by atoms with Crippen LogP contribution in [0.3, 0.4) is 0 Å². The van der Waals surface area contributed by atoms with Gasteiger partial charge in [-0.1, -0.05) is 5.10 Å². The highest BCUT2D eigenvalue weighted by Crippen LogP contribution is 2.22. The molecule has 0 aromatic carbocycles. The van der Waals surface area contributed by atoms with Crippen molar-refractivity contribution in [3.05, 3.63) is 21.9 Å². The van der Waals surface area contributed by atoms with E-state index in [9.17, 15) is 24.5 Å². The Balaban J connectivity index is 1.63. The van der Waals surface area contributed by atoms with E-state index in [0.717, 1.165) is 6.07 Å². The molecule has 1 aromatic heterocycles. The summed E-state index contributed by atoms with van der Waals surface area (Å²) in [6, 6.07) is 0.904. The van der Waals surface area contributed by atoms with E-state index in [4.69, 9.17) is 4.74 Å². The second-order valence-corrected chi connectivity index (χ2v) is 7.62. The van der Waals surface area contributed by atoms with Crippen LogP contribution in [-0.4, -0.2) is 82.3 Å². The van der Waals surface area contributed by atoms with Gasteiger partial charge in [0, 0.05) is 19.1 Å². The summed E-state index contributed by atoms with van der Waals surface area (Å²) in [5.74, 6) is -1.36. The second-order valence-electron chi connectivity index (χ2n) is 7.62. The first-order valence-electron chi connectivity index (χ1n) is 10.3. The molecule has 2 aliphatic rings. The van der Waals surface area contributed by atoms with Crippen LogP contribution >= 0.6 is 0 Å². The molecular formula is C18H27N7O6. The lowest BCUT2D eigenvalue weighted by Gasteiger charge is -2.39. The van der Waals surface area contributed by atoms with Gasteiger partial charge in [0.1, 0.15) is 5.54 Å². The first-order chi connectivity index (χ1) is 14.8. The first kappa shape index (κ1) is 22.5. The lowest BCUT2D eigenvalue weighted by atomic mass is 9.86.